The first kappa shape index (κ1) is 14.6. The van der Waals surface area contributed by atoms with Crippen LogP contribution in [0.5, 0.6) is 0 Å². The average molecular weight is 279 g/mol. The minimum absolute atomic E-state index is 0.0672. The highest BCUT2D eigenvalue weighted by Crippen LogP contribution is 2.26. The van der Waals surface area contributed by atoms with Crippen molar-refractivity contribution in [2.75, 3.05) is 6.54 Å². The molecule has 1 N–H and O–H groups in total. The van der Waals surface area contributed by atoms with Crippen LogP contribution in [-0.2, 0) is 11.3 Å². The lowest BCUT2D eigenvalue weighted by Crippen LogP contribution is -2.30. The Morgan fingerprint density at radius 3 is 2.90 bits per heavy atom. The SMILES string of the molecule is CC(C)C1CCC(=O)N(Cc2ccoc2C(=O)O)CC1. The fraction of sp³-hybridized carbons (Fsp3) is 0.600. The van der Waals surface area contributed by atoms with Crippen molar-refractivity contribution in [2.45, 2.75) is 39.7 Å². The molecule has 1 unspecified atom stereocenters. The van der Waals surface area contributed by atoms with Gasteiger partial charge >= 0.3 is 5.97 Å². The molecule has 1 atom stereocenters. The molecule has 2 rings (SSSR count). The van der Waals surface area contributed by atoms with Crippen LogP contribution in [-0.4, -0.2) is 28.4 Å². The van der Waals surface area contributed by atoms with Gasteiger partial charge in [0.1, 0.15) is 0 Å². The molecule has 110 valence electrons. The van der Waals surface area contributed by atoms with E-state index in [2.05, 4.69) is 13.8 Å². The summed E-state index contributed by atoms with van der Waals surface area (Å²) in [5.74, 6) is 0.0824. The number of hydrogen-bond donors (Lipinski definition) is 1. The number of likely N-dealkylation sites (tertiary alicyclic amines) is 1. The van der Waals surface area contributed by atoms with Gasteiger partial charge in [-0.1, -0.05) is 13.8 Å². The first-order chi connectivity index (χ1) is 9.49. The van der Waals surface area contributed by atoms with E-state index < -0.39 is 5.97 Å². The van der Waals surface area contributed by atoms with E-state index in [1.54, 1.807) is 11.0 Å². The first-order valence-electron chi connectivity index (χ1n) is 7.06. The Morgan fingerprint density at radius 2 is 2.25 bits per heavy atom. The highest BCUT2D eigenvalue weighted by molar-refractivity contribution is 5.86. The zero-order valence-corrected chi connectivity index (χ0v) is 12.0. The summed E-state index contributed by atoms with van der Waals surface area (Å²) >= 11 is 0. The highest BCUT2D eigenvalue weighted by atomic mass is 16.4. The van der Waals surface area contributed by atoms with Crippen molar-refractivity contribution >= 4 is 11.9 Å². The van der Waals surface area contributed by atoms with Crippen molar-refractivity contribution in [3.05, 3.63) is 23.7 Å². The van der Waals surface area contributed by atoms with E-state index in [9.17, 15) is 9.59 Å². The smallest absolute Gasteiger partial charge is 0.372 e. The summed E-state index contributed by atoms with van der Waals surface area (Å²) in [5.41, 5.74) is 0.564. The number of amides is 1. The normalized spacial score (nSPS) is 20.2. The van der Waals surface area contributed by atoms with Gasteiger partial charge in [0.15, 0.2) is 0 Å². The van der Waals surface area contributed by atoms with Gasteiger partial charge in [-0.3, -0.25) is 4.79 Å². The van der Waals surface area contributed by atoms with E-state index in [1.807, 2.05) is 0 Å². The van der Waals surface area contributed by atoms with Crippen LogP contribution in [0.3, 0.4) is 0 Å². The van der Waals surface area contributed by atoms with Gasteiger partial charge in [-0.25, -0.2) is 4.79 Å². The maximum atomic E-state index is 12.1. The number of carboxylic acids is 1. The zero-order chi connectivity index (χ0) is 14.7. The topological polar surface area (TPSA) is 70.8 Å². The molecule has 5 heteroatoms. The molecule has 20 heavy (non-hydrogen) atoms. The quantitative estimate of drug-likeness (QED) is 0.920. The fourth-order valence-corrected chi connectivity index (χ4v) is 2.75. The molecule has 5 nitrogen and oxygen atoms in total. The van der Waals surface area contributed by atoms with E-state index in [0.29, 0.717) is 36.9 Å². The number of carbonyl (C=O) groups excluding carboxylic acids is 1. The molecular weight excluding hydrogens is 258 g/mol. The average Bonchev–Trinajstić information content (AvgIpc) is 2.76. The molecule has 1 aliphatic heterocycles. The summed E-state index contributed by atoms with van der Waals surface area (Å²) in [7, 11) is 0. The summed E-state index contributed by atoms with van der Waals surface area (Å²) in [4.78, 5) is 24.9. The largest absolute Gasteiger partial charge is 0.475 e. The molecule has 2 heterocycles. The van der Waals surface area contributed by atoms with Crippen molar-refractivity contribution < 1.29 is 19.1 Å². The van der Waals surface area contributed by atoms with Gasteiger partial charge in [-0.2, -0.15) is 0 Å². The van der Waals surface area contributed by atoms with Crippen molar-refractivity contribution in [3.8, 4) is 0 Å². The highest BCUT2D eigenvalue weighted by Gasteiger charge is 2.26. The molecule has 1 saturated heterocycles. The Morgan fingerprint density at radius 1 is 1.50 bits per heavy atom. The third kappa shape index (κ3) is 3.21. The zero-order valence-electron chi connectivity index (χ0n) is 12.0. The Bertz CT molecular complexity index is 492. The van der Waals surface area contributed by atoms with Gasteiger partial charge < -0.3 is 14.4 Å². The van der Waals surface area contributed by atoms with E-state index in [1.165, 1.54) is 6.26 Å². The Hall–Kier alpha value is -1.78. The van der Waals surface area contributed by atoms with Crippen LogP contribution in [0.15, 0.2) is 16.7 Å². The molecule has 0 aliphatic carbocycles. The number of rotatable bonds is 4. The monoisotopic (exact) mass is 279 g/mol. The number of nitrogens with zero attached hydrogens (tertiary/aromatic N) is 1. The maximum absolute atomic E-state index is 12.1. The summed E-state index contributed by atoms with van der Waals surface area (Å²) in [6.45, 7) is 5.38. The number of aromatic carboxylic acids is 1. The van der Waals surface area contributed by atoms with Crippen LogP contribution in [0, 0.1) is 11.8 Å². The second kappa shape index (κ2) is 6.11. The van der Waals surface area contributed by atoms with E-state index in [4.69, 9.17) is 9.52 Å². The molecule has 1 amide bonds. The molecular formula is C15H21NO4. The molecule has 1 aliphatic rings. The minimum atomic E-state index is -1.09. The summed E-state index contributed by atoms with van der Waals surface area (Å²) in [6.07, 6.45) is 3.80. The standard InChI is InChI=1S/C15H21NO4/c1-10(2)11-3-4-13(17)16(7-5-11)9-12-6-8-20-14(12)15(18)19/h6,8,10-11H,3-5,7,9H2,1-2H3,(H,18,19). The van der Waals surface area contributed by atoms with Crippen molar-refractivity contribution in [2.24, 2.45) is 11.8 Å². The molecule has 0 bridgehead atoms. The van der Waals surface area contributed by atoms with Gasteiger partial charge in [0.25, 0.3) is 0 Å². The van der Waals surface area contributed by atoms with Crippen LogP contribution in [0.4, 0.5) is 0 Å². The number of hydrogen-bond acceptors (Lipinski definition) is 3. The summed E-state index contributed by atoms with van der Waals surface area (Å²) < 4.78 is 4.96. The molecule has 0 radical (unpaired) electrons. The summed E-state index contributed by atoms with van der Waals surface area (Å²) in [5, 5.41) is 9.02. The number of furan rings is 1. The molecule has 0 aromatic carbocycles. The maximum Gasteiger partial charge on any atom is 0.372 e. The summed E-state index contributed by atoms with van der Waals surface area (Å²) in [6, 6.07) is 1.63. The lowest BCUT2D eigenvalue weighted by atomic mass is 9.89. The Labute approximate surface area is 118 Å². The van der Waals surface area contributed by atoms with Crippen LogP contribution < -0.4 is 0 Å². The number of carbonyl (C=O) groups is 2. The van der Waals surface area contributed by atoms with Gasteiger partial charge in [0.2, 0.25) is 11.7 Å². The predicted octanol–water partition coefficient (Wildman–Crippen LogP) is 2.76. The third-order valence-corrected chi connectivity index (χ3v) is 4.10. The molecule has 0 saturated carbocycles. The molecule has 1 aromatic rings. The van der Waals surface area contributed by atoms with E-state index >= 15 is 0 Å². The Kier molecular flexibility index (Phi) is 4.47. The lowest BCUT2D eigenvalue weighted by molar-refractivity contribution is -0.131. The van der Waals surface area contributed by atoms with E-state index in [-0.39, 0.29) is 11.7 Å². The minimum Gasteiger partial charge on any atom is -0.475 e. The van der Waals surface area contributed by atoms with Gasteiger partial charge in [-0.15, -0.1) is 0 Å². The second-order valence-corrected chi connectivity index (χ2v) is 5.73. The van der Waals surface area contributed by atoms with Crippen LogP contribution in [0.25, 0.3) is 0 Å². The Balaban J connectivity index is 2.06. The number of carboxylic acid groups (broad SMARTS) is 1. The van der Waals surface area contributed by atoms with Crippen molar-refractivity contribution in [1.82, 2.24) is 4.90 Å². The third-order valence-electron chi connectivity index (χ3n) is 4.10. The van der Waals surface area contributed by atoms with Crippen molar-refractivity contribution in [3.63, 3.8) is 0 Å². The predicted molar refractivity (Wildman–Crippen MR) is 73.3 cm³/mol. The molecule has 1 fully saturated rings. The lowest BCUT2D eigenvalue weighted by Gasteiger charge is -2.21. The molecule has 0 spiro atoms. The first-order valence-corrected chi connectivity index (χ1v) is 7.06. The second-order valence-electron chi connectivity index (χ2n) is 5.73. The van der Waals surface area contributed by atoms with Crippen molar-refractivity contribution in [1.29, 1.82) is 0 Å². The fourth-order valence-electron chi connectivity index (χ4n) is 2.75. The van der Waals surface area contributed by atoms with Gasteiger partial charge in [-0.05, 0) is 30.7 Å². The molecule has 1 aromatic heterocycles. The van der Waals surface area contributed by atoms with E-state index in [0.717, 1.165) is 12.8 Å². The van der Waals surface area contributed by atoms with Crippen LogP contribution in [0.1, 0.15) is 49.2 Å². The van der Waals surface area contributed by atoms with Crippen LogP contribution in [0.2, 0.25) is 0 Å². The van der Waals surface area contributed by atoms with Gasteiger partial charge in [0.05, 0.1) is 6.26 Å². The van der Waals surface area contributed by atoms with Crippen LogP contribution >= 0.6 is 0 Å². The van der Waals surface area contributed by atoms with Gasteiger partial charge in [0, 0.05) is 25.1 Å².